The second-order valence-electron chi connectivity index (χ2n) is 5.61. The highest BCUT2D eigenvalue weighted by atomic mass is 16.2. The van der Waals surface area contributed by atoms with E-state index in [1.807, 2.05) is 43.3 Å². The molecule has 0 radical (unpaired) electrons. The van der Waals surface area contributed by atoms with Gasteiger partial charge in [-0.25, -0.2) is 4.98 Å². The van der Waals surface area contributed by atoms with Gasteiger partial charge in [-0.3, -0.25) is 4.79 Å². The van der Waals surface area contributed by atoms with Crippen LogP contribution in [0.5, 0.6) is 0 Å². The topological polar surface area (TPSA) is 85.7 Å². The number of anilines is 1. The van der Waals surface area contributed by atoms with Gasteiger partial charge in [-0.2, -0.15) is 10.5 Å². The maximum absolute atomic E-state index is 12.8. The fourth-order valence-electron chi connectivity index (χ4n) is 3.11. The maximum Gasteiger partial charge on any atom is 0.247 e. The second kappa shape index (κ2) is 5.58. The zero-order valence-corrected chi connectivity index (χ0v) is 12.9. The molecule has 1 unspecified atom stereocenters. The fraction of sp³-hybridized carbons (Fsp3) is 0.294. The van der Waals surface area contributed by atoms with Gasteiger partial charge in [-0.05, 0) is 31.9 Å². The van der Waals surface area contributed by atoms with Crippen LogP contribution >= 0.6 is 0 Å². The second-order valence-corrected chi connectivity index (χ2v) is 5.61. The van der Waals surface area contributed by atoms with E-state index in [0.717, 1.165) is 17.7 Å². The van der Waals surface area contributed by atoms with Gasteiger partial charge in [0, 0.05) is 11.7 Å². The van der Waals surface area contributed by atoms with Crippen LogP contribution in [0.15, 0.2) is 24.3 Å². The smallest absolute Gasteiger partial charge is 0.247 e. The van der Waals surface area contributed by atoms with Crippen LogP contribution < -0.4 is 4.90 Å². The molecule has 6 heteroatoms. The van der Waals surface area contributed by atoms with E-state index in [2.05, 4.69) is 4.98 Å². The lowest BCUT2D eigenvalue weighted by Crippen LogP contribution is -2.38. The lowest BCUT2D eigenvalue weighted by molar-refractivity contribution is -0.119. The third-order valence-electron chi connectivity index (χ3n) is 4.14. The van der Waals surface area contributed by atoms with Crippen molar-refractivity contribution in [3.05, 3.63) is 47.0 Å². The van der Waals surface area contributed by atoms with Gasteiger partial charge in [-0.1, -0.05) is 18.2 Å². The van der Waals surface area contributed by atoms with Gasteiger partial charge in [0.05, 0.1) is 0 Å². The number of benzene rings is 1. The number of hydrogen-bond acceptors (Lipinski definition) is 4. The number of fused-ring (bicyclic) bond motifs is 1. The van der Waals surface area contributed by atoms with Crippen molar-refractivity contribution in [1.82, 2.24) is 9.55 Å². The third-order valence-corrected chi connectivity index (χ3v) is 4.14. The van der Waals surface area contributed by atoms with Crippen molar-refractivity contribution in [3.63, 3.8) is 0 Å². The van der Waals surface area contributed by atoms with Crippen molar-refractivity contribution >= 4 is 11.6 Å². The molecule has 3 rings (SSSR count). The van der Waals surface area contributed by atoms with Gasteiger partial charge in [0.15, 0.2) is 11.4 Å². The molecule has 0 aliphatic carbocycles. The van der Waals surface area contributed by atoms with Crippen LogP contribution in [0.1, 0.15) is 29.7 Å². The summed E-state index contributed by atoms with van der Waals surface area (Å²) in [6.45, 7) is 3.70. The normalized spacial score (nSPS) is 15.8. The minimum Gasteiger partial charge on any atom is -0.309 e. The number of rotatable bonds is 2. The summed E-state index contributed by atoms with van der Waals surface area (Å²) in [7, 11) is 0. The highest BCUT2D eigenvalue weighted by molar-refractivity contribution is 5.96. The van der Waals surface area contributed by atoms with E-state index in [4.69, 9.17) is 5.26 Å². The molecule has 2 aromatic rings. The molecule has 23 heavy (non-hydrogen) atoms. The van der Waals surface area contributed by atoms with Crippen LogP contribution in [0.3, 0.4) is 0 Å². The zero-order valence-electron chi connectivity index (χ0n) is 12.9. The van der Waals surface area contributed by atoms with E-state index in [1.54, 1.807) is 11.8 Å². The number of amides is 1. The van der Waals surface area contributed by atoms with Gasteiger partial charge in [0.1, 0.15) is 24.5 Å². The van der Waals surface area contributed by atoms with Crippen LogP contribution in [0.25, 0.3) is 0 Å². The molecular weight excluding hydrogens is 290 g/mol. The Morgan fingerprint density at radius 2 is 2.09 bits per heavy atom. The standard InChI is InChI=1S/C17H15N5O/c1-11-7-13-5-3-4-6-15(13)22(11)17(23)10-21-12(2)20-14(8-18)16(21)9-19/h3-6,11H,7,10H2,1-2H3. The SMILES string of the molecule is Cc1nc(C#N)c(C#N)n1CC(=O)N1c2ccccc2CC1C. The van der Waals surface area contributed by atoms with E-state index < -0.39 is 0 Å². The van der Waals surface area contributed by atoms with Crippen molar-refractivity contribution in [2.75, 3.05) is 4.90 Å². The number of carbonyl (C=O) groups is 1. The largest absolute Gasteiger partial charge is 0.309 e. The molecule has 1 aliphatic heterocycles. The van der Waals surface area contributed by atoms with E-state index in [1.165, 1.54) is 4.57 Å². The molecule has 1 atom stereocenters. The van der Waals surface area contributed by atoms with Crippen LogP contribution in [0.2, 0.25) is 0 Å². The summed E-state index contributed by atoms with van der Waals surface area (Å²) in [5.41, 5.74) is 2.27. The molecule has 2 heterocycles. The average molecular weight is 305 g/mol. The van der Waals surface area contributed by atoms with Crippen molar-refractivity contribution in [3.8, 4) is 12.1 Å². The van der Waals surface area contributed by atoms with Gasteiger partial charge < -0.3 is 9.47 Å². The van der Waals surface area contributed by atoms with Crippen LogP contribution in [0.4, 0.5) is 5.69 Å². The number of aromatic nitrogens is 2. The van der Waals surface area contributed by atoms with Crippen LogP contribution in [-0.2, 0) is 17.8 Å². The molecule has 1 aromatic heterocycles. The summed E-state index contributed by atoms with van der Waals surface area (Å²) in [6.07, 6.45) is 0.819. The molecule has 0 saturated heterocycles. The number of para-hydroxylation sites is 1. The van der Waals surface area contributed by atoms with Crippen molar-refractivity contribution < 1.29 is 4.79 Å². The molecule has 6 nitrogen and oxygen atoms in total. The summed E-state index contributed by atoms with van der Waals surface area (Å²) in [4.78, 5) is 18.6. The lowest BCUT2D eigenvalue weighted by atomic mass is 10.1. The Labute approximate surface area is 134 Å². The molecular formula is C17H15N5O. The Hall–Kier alpha value is -3.12. The first-order valence-electron chi connectivity index (χ1n) is 7.34. The van der Waals surface area contributed by atoms with Crippen molar-refractivity contribution in [2.24, 2.45) is 0 Å². The first kappa shape index (κ1) is 14.8. The summed E-state index contributed by atoms with van der Waals surface area (Å²) in [5, 5.41) is 18.3. The average Bonchev–Trinajstić information content (AvgIpc) is 3.03. The quantitative estimate of drug-likeness (QED) is 0.848. The minimum absolute atomic E-state index is 0.00206. The molecule has 0 N–H and O–H groups in total. The fourth-order valence-corrected chi connectivity index (χ4v) is 3.11. The van der Waals surface area contributed by atoms with E-state index in [0.29, 0.717) is 5.82 Å². The Balaban J connectivity index is 1.94. The molecule has 1 aromatic carbocycles. The van der Waals surface area contributed by atoms with Crippen molar-refractivity contribution in [1.29, 1.82) is 10.5 Å². The van der Waals surface area contributed by atoms with E-state index in [9.17, 15) is 10.1 Å². The summed E-state index contributed by atoms with van der Waals surface area (Å²) < 4.78 is 1.51. The lowest BCUT2D eigenvalue weighted by Gasteiger charge is -2.23. The molecule has 114 valence electrons. The third kappa shape index (κ3) is 2.35. The first-order valence-corrected chi connectivity index (χ1v) is 7.34. The number of hydrogen-bond donors (Lipinski definition) is 0. The predicted octanol–water partition coefficient (Wildman–Crippen LogP) is 1.91. The number of aryl methyl sites for hydroxylation is 1. The Morgan fingerprint density at radius 1 is 1.35 bits per heavy atom. The molecule has 0 bridgehead atoms. The summed E-state index contributed by atoms with van der Waals surface area (Å²) in [6, 6.07) is 11.8. The highest BCUT2D eigenvalue weighted by Gasteiger charge is 2.31. The van der Waals surface area contributed by atoms with Gasteiger partial charge in [-0.15, -0.1) is 0 Å². The Morgan fingerprint density at radius 3 is 2.78 bits per heavy atom. The maximum atomic E-state index is 12.8. The number of nitriles is 2. The van der Waals surface area contributed by atoms with Crippen LogP contribution in [0, 0.1) is 29.6 Å². The van der Waals surface area contributed by atoms with Crippen molar-refractivity contribution in [2.45, 2.75) is 32.9 Å². The molecule has 1 amide bonds. The molecule has 0 fully saturated rings. The minimum atomic E-state index is -0.107. The highest BCUT2D eigenvalue weighted by Crippen LogP contribution is 2.32. The first-order chi connectivity index (χ1) is 11.1. The monoisotopic (exact) mass is 305 g/mol. The van der Waals surface area contributed by atoms with Gasteiger partial charge in [0.25, 0.3) is 0 Å². The predicted molar refractivity (Wildman–Crippen MR) is 83.5 cm³/mol. The zero-order chi connectivity index (χ0) is 16.6. The summed E-state index contributed by atoms with van der Waals surface area (Å²) >= 11 is 0. The number of imidazole rings is 1. The van der Waals surface area contributed by atoms with Gasteiger partial charge in [0.2, 0.25) is 5.91 Å². The number of nitrogens with zero attached hydrogens (tertiary/aromatic N) is 5. The van der Waals surface area contributed by atoms with Crippen LogP contribution in [-0.4, -0.2) is 21.5 Å². The van der Waals surface area contributed by atoms with E-state index >= 15 is 0 Å². The number of carbonyl (C=O) groups excluding carboxylic acids is 1. The Bertz CT molecular complexity index is 868. The Kier molecular flexibility index (Phi) is 3.59. The van der Waals surface area contributed by atoms with E-state index in [-0.39, 0.29) is 29.9 Å². The van der Waals surface area contributed by atoms with Gasteiger partial charge >= 0.3 is 0 Å². The summed E-state index contributed by atoms with van der Waals surface area (Å²) in [5.74, 6) is 0.385. The molecule has 0 spiro atoms. The molecule has 0 saturated carbocycles. The molecule has 1 aliphatic rings.